The SMILES string of the molecule is CC[C@H](C)[C@H](N)C(=O)N[C@@H](C)C(=O)NCC(=O)N[C@@H](C)C(=O)O. The summed E-state index contributed by atoms with van der Waals surface area (Å²) in [6, 6.07) is -2.62. The number of aliphatic carboxylic acids is 1. The molecule has 6 N–H and O–H groups in total. The normalized spacial score (nSPS) is 15.7. The number of carboxylic acid groups (broad SMARTS) is 1. The van der Waals surface area contributed by atoms with Gasteiger partial charge >= 0.3 is 5.97 Å². The summed E-state index contributed by atoms with van der Waals surface area (Å²) in [4.78, 5) is 45.7. The quantitative estimate of drug-likeness (QED) is 0.350. The van der Waals surface area contributed by atoms with Gasteiger partial charge in [0.1, 0.15) is 12.1 Å². The number of nitrogens with one attached hydrogen (secondary N) is 3. The zero-order valence-corrected chi connectivity index (χ0v) is 13.9. The Bertz CT molecular complexity index is 454. The van der Waals surface area contributed by atoms with Gasteiger partial charge in [0, 0.05) is 0 Å². The molecule has 9 nitrogen and oxygen atoms in total. The highest BCUT2D eigenvalue weighted by Crippen LogP contribution is 2.05. The first-order valence-electron chi connectivity index (χ1n) is 7.45. The minimum atomic E-state index is -1.18. The summed E-state index contributed by atoms with van der Waals surface area (Å²) >= 11 is 0. The van der Waals surface area contributed by atoms with Crippen molar-refractivity contribution in [2.75, 3.05) is 6.54 Å². The summed E-state index contributed by atoms with van der Waals surface area (Å²) in [7, 11) is 0. The highest BCUT2D eigenvalue weighted by Gasteiger charge is 2.23. The molecule has 0 spiro atoms. The molecule has 0 fully saturated rings. The minimum Gasteiger partial charge on any atom is -0.480 e. The van der Waals surface area contributed by atoms with Crippen LogP contribution in [0.15, 0.2) is 0 Å². The zero-order valence-electron chi connectivity index (χ0n) is 13.9. The Balaban J connectivity index is 4.28. The second kappa shape index (κ2) is 9.78. The maximum atomic E-state index is 11.9. The maximum Gasteiger partial charge on any atom is 0.325 e. The number of hydrogen-bond acceptors (Lipinski definition) is 5. The highest BCUT2D eigenvalue weighted by atomic mass is 16.4. The Kier molecular flexibility index (Phi) is 8.86. The molecule has 0 heterocycles. The molecule has 3 amide bonds. The molecule has 0 rings (SSSR count). The fourth-order valence-corrected chi connectivity index (χ4v) is 1.56. The van der Waals surface area contributed by atoms with Crippen LogP contribution in [-0.2, 0) is 19.2 Å². The van der Waals surface area contributed by atoms with E-state index in [0.717, 1.165) is 6.42 Å². The van der Waals surface area contributed by atoms with E-state index in [1.165, 1.54) is 13.8 Å². The van der Waals surface area contributed by atoms with Crippen molar-refractivity contribution in [2.45, 2.75) is 52.2 Å². The molecule has 0 aliphatic heterocycles. The summed E-state index contributed by atoms with van der Waals surface area (Å²) < 4.78 is 0. The maximum absolute atomic E-state index is 11.9. The van der Waals surface area contributed by atoms with Crippen LogP contribution in [0.5, 0.6) is 0 Å². The van der Waals surface area contributed by atoms with Crippen molar-refractivity contribution >= 4 is 23.7 Å². The first kappa shape index (κ1) is 20.8. The first-order valence-corrected chi connectivity index (χ1v) is 7.45. The van der Waals surface area contributed by atoms with E-state index in [1.54, 1.807) is 0 Å². The van der Waals surface area contributed by atoms with Gasteiger partial charge in [-0.2, -0.15) is 0 Å². The van der Waals surface area contributed by atoms with Gasteiger partial charge in [0.25, 0.3) is 0 Å². The topological polar surface area (TPSA) is 151 Å². The Hall–Kier alpha value is -2.16. The van der Waals surface area contributed by atoms with E-state index >= 15 is 0 Å². The molecule has 0 aliphatic carbocycles. The van der Waals surface area contributed by atoms with Crippen molar-refractivity contribution < 1.29 is 24.3 Å². The molecule has 0 saturated heterocycles. The number of carbonyl (C=O) groups excluding carboxylic acids is 3. The van der Waals surface area contributed by atoms with E-state index in [2.05, 4.69) is 16.0 Å². The van der Waals surface area contributed by atoms with Gasteiger partial charge in [0.15, 0.2) is 0 Å². The Morgan fingerprint density at radius 3 is 2.04 bits per heavy atom. The largest absolute Gasteiger partial charge is 0.480 e. The summed E-state index contributed by atoms with van der Waals surface area (Å²) in [5.41, 5.74) is 5.76. The van der Waals surface area contributed by atoms with Crippen LogP contribution in [0.1, 0.15) is 34.1 Å². The fraction of sp³-hybridized carbons (Fsp3) is 0.714. The predicted molar refractivity (Wildman–Crippen MR) is 83.3 cm³/mol. The molecular formula is C14H26N4O5. The van der Waals surface area contributed by atoms with Crippen LogP contribution in [-0.4, -0.2) is 53.5 Å². The molecule has 0 unspecified atom stereocenters. The number of nitrogens with two attached hydrogens (primary N) is 1. The number of rotatable bonds is 9. The Morgan fingerprint density at radius 1 is 1.00 bits per heavy atom. The second-order valence-electron chi connectivity index (χ2n) is 5.49. The van der Waals surface area contributed by atoms with Crippen molar-refractivity contribution in [1.29, 1.82) is 0 Å². The van der Waals surface area contributed by atoms with Gasteiger partial charge in [-0.05, 0) is 19.8 Å². The molecule has 9 heteroatoms. The number of carbonyl (C=O) groups is 4. The molecule has 0 aromatic carbocycles. The third-order valence-corrected chi connectivity index (χ3v) is 3.48. The first-order chi connectivity index (χ1) is 10.6. The van der Waals surface area contributed by atoms with Crippen LogP contribution in [0.2, 0.25) is 0 Å². The lowest BCUT2D eigenvalue weighted by Gasteiger charge is -2.20. The minimum absolute atomic E-state index is 0.0199. The second-order valence-corrected chi connectivity index (χ2v) is 5.49. The van der Waals surface area contributed by atoms with Gasteiger partial charge in [0.2, 0.25) is 17.7 Å². The molecule has 0 aliphatic rings. The smallest absolute Gasteiger partial charge is 0.325 e. The van der Waals surface area contributed by atoms with Crippen LogP contribution in [0.25, 0.3) is 0 Å². The van der Waals surface area contributed by atoms with E-state index in [-0.39, 0.29) is 12.5 Å². The van der Waals surface area contributed by atoms with E-state index in [4.69, 9.17) is 10.8 Å². The third-order valence-electron chi connectivity index (χ3n) is 3.48. The van der Waals surface area contributed by atoms with Crippen LogP contribution in [0.4, 0.5) is 0 Å². The Morgan fingerprint density at radius 2 is 1.57 bits per heavy atom. The number of carboxylic acids is 1. The molecule has 0 aromatic rings. The summed E-state index contributed by atoms with van der Waals surface area (Å²) in [5, 5.41) is 15.6. The molecule has 0 aromatic heterocycles. The van der Waals surface area contributed by atoms with Crippen molar-refractivity contribution in [3.63, 3.8) is 0 Å². The summed E-state index contributed by atoms with van der Waals surface area (Å²) in [6.07, 6.45) is 0.733. The molecule has 132 valence electrons. The standard InChI is InChI=1S/C14H26N4O5/c1-5-7(2)11(15)13(21)18-8(3)12(20)16-6-10(19)17-9(4)14(22)23/h7-9,11H,5-6,15H2,1-4H3,(H,16,20)(H,17,19)(H,18,21)(H,22,23)/t7-,8-,9-,11-/m0/s1. The molecule has 0 radical (unpaired) electrons. The van der Waals surface area contributed by atoms with Gasteiger partial charge in [0.05, 0.1) is 12.6 Å². The fourth-order valence-electron chi connectivity index (χ4n) is 1.56. The van der Waals surface area contributed by atoms with Gasteiger partial charge in [-0.15, -0.1) is 0 Å². The Labute approximate surface area is 135 Å². The third kappa shape index (κ3) is 7.59. The van der Waals surface area contributed by atoms with E-state index in [0.29, 0.717) is 0 Å². The molecule has 4 atom stereocenters. The predicted octanol–water partition coefficient (Wildman–Crippen LogP) is -1.43. The van der Waals surface area contributed by atoms with E-state index in [1.807, 2.05) is 13.8 Å². The van der Waals surface area contributed by atoms with Crippen molar-refractivity contribution in [1.82, 2.24) is 16.0 Å². The molecule has 0 saturated carbocycles. The molecular weight excluding hydrogens is 304 g/mol. The molecule has 23 heavy (non-hydrogen) atoms. The summed E-state index contributed by atoms with van der Waals surface area (Å²) in [5.74, 6) is -2.83. The number of amides is 3. The number of hydrogen-bond donors (Lipinski definition) is 5. The van der Waals surface area contributed by atoms with Gasteiger partial charge in [-0.1, -0.05) is 20.3 Å². The van der Waals surface area contributed by atoms with Crippen LogP contribution < -0.4 is 21.7 Å². The van der Waals surface area contributed by atoms with Crippen LogP contribution >= 0.6 is 0 Å². The summed E-state index contributed by atoms with van der Waals surface area (Å²) in [6.45, 7) is 6.14. The average Bonchev–Trinajstić information content (AvgIpc) is 2.50. The van der Waals surface area contributed by atoms with E-state index < -0.39 is 41.8 Å². The molecule has 0 bridgehead atoms. The lowest BCUT2D eigenvalue weighted by atomic mass is 9.99. The van der Waals surface area contributed by atoms with Crippen LogP contribution in [0.3, 0.4) is 0 Å². The zero-order chi connectivity index (χ0) is 18.2. The van der Waals surface area contributed by atoms with E-state index in [9.17, 15) is 19.2 Å². The van der Waals surface area contributed by atoms with Gasteiger partial charge < -0.3 is 26.8 Å². The van der Waals surface area contributed by atoms with Crippen molar-refractivity contribution in [3.05, 3.63) is 0 Å². The lowest BCUT2D eigenvalue weighted by molar-refractivity contribution is -0.141. The van der Waals surface area contributed by atoms with Crippen molar-refractivity contribution in [2.24, 2.45) is 11.7 Å². The van der Waals surface area contributed by atoms with Gasteiger partial charge in [-0.3, -0.25) is 19.2 Å². The highest BCUT2D eigenvalue weighted by molar-refractivity contribution is 5.92. The monoisotopic (exact) mass is 330 g/mol. The van der Waals surface area contributed by atoms with Crippen LogP contribution in [0, 0.1) is 5.92 Å². The van der Waals surface area contributed by atoms with Crippen molar-refractivity contribution in [3.8, 4) is 0 Å². The lowest BCUT2D eigenvalue weighted by Crippen LogP contribution is -2.53. The average molecular weight is 330 g/mol. The van der Waals surface area contributed by atoms with Gasteiger partial charge in [-0.25, -0.2) is 0 Å².